The molecule has 0 saturated heterocycles. The van der Waals surface area contributed by atoms with Crippen LogP contribution in [0.1, 0.15) is 361 Å². The largest absolute Gasteiger partial charge is 0.462 e. The molecule has 6 heteroatoms. The molecule has 0 saturated carbocycles. The highest BCUT2D eigenvalue weighted by Gasteiger charge is 2.19. The first kappa shape index (κ1) is 73.4. The molecule has 0 radical (unpaired) electrons. The Hall–Kier alpha value is -2.63. The maximum absolute atomic E-state index is 12.9. The third-order valence-electron chi connectivity index (χ3n) is 15.1. The van der Waals surface area contributed by atoms with Crippen LogP contribution < -0.4 is 0 Å². The molecule has 444 valence electrons. The highest BCUT2D eigenvalue weighted by Crippen LogP contribution is 2.17. The second kappa shape index (κ2) is 64.9. The molecule has 0 aromatic heterocycles. The number of allylic oxidation sites excluding steroid dienone is 8. The number of hydrogen-bond donors (Lipinski definition) is 0. The van der Waals surface area contributed by atoms with Crippen molar-refractivity contribution in [3.8, 4) is 0 Å². The molecular weight excluding hydrogens is 937 g/mol. The van der Waals surface area contributed by atoms with Crippen LogP contribution in [0.2, 0.25) is 0 Å². The van der Waals surface area contributed by atoms with Crippen molar-refractivity contribution in [1.29, 1.82) is 0 Å². The predicted octanol–water partition coefficient (Wildman–Crippen LogP) is 22.9. The van der Waals surface area contributed by atoms with E-state index in [0.717, 1.165) is 70.6 Å². The molecule has 0 aliphatic heterocycles. The molecule has 0 rings (SSSR count). The summed E-state index contributed by atoms with van der Waals surface area (Å²) in [5, 5.41) is 0. The fraction of sp³-hybridized carbons (Fsp3) is 0.843. The van der Waals surface area contributed by atoms with Gasteiger partial charge in [-0.2, -0.15) is 0 Å². The third kappa shape index (κ3) is 62.2. The summed E-state index contributed by atoms with van der Waals surface area (Å²) in [5.41, 5.74) is 0. The van der Waals surface area contributed by atoms with Crippen molar-refractivity contribution < 1.29 is 28.6 Å². The van der Waals surface area contributed by atoms with Crippen molar-refractivity contribution in [2.45, 2.75) is 367 Å². The van der Waals surface area contributed by atoms with Crippen LogP contribution >= 0.6 is 0 Å². The molecule has 76 heavy (non-hydrogen) atoms. The molecule has 0 spiro atoms. The average molecular weight is 1070 g/mol. The van der Waals surface area contributed by atoms with Crippen molar-refractivity contribution >= 4 is 17.9 Å². The van der Waals surface area contributed by atoms with Crippen LogP contribution in [0.15, 0.2) is 48.6 Å². The number of carbonyl (C=O) groups is 3. The van der Waals surface area contributed by atoms with E-state index in [4.69, 9.17) is 14.2 Å². The molecule has 0 fully saturated rings. The second-order valence-electron chi connectivity index (χ2n) is 22.7. The molecule has 0 heterocycles. The topological polar surface area (TPSA) is 78.9 Å². The van der Waals surface area contributed by atoms with Crippen molar-refractivity contribution in [3.63, 3.8) is 0 Å². The van der Waals surface area contributed by atoms with Gasteiger partial charge in [-0.15, -0.1) is 0 Å². The van der Waals surface area contributed by atoms with Gasteiger partial charge in [0.25, 0.3) is 0 Å². The van der Waals surface area contributed by atoms with Crippen LogP contribution in [0.25, 0.3) is 0 Å². The minimum Gasteiger partial charge on any atom is -0.462 e. The monoisotopic (exact) mass is 1060 g/mol. The highest BCUT2D eigenvalue weighted by atomic mass is 16.6. The Balaban J connectivity index is 4.01. The van der Waals surface area contributed by atoms with Crippen molar-refractivity contribution in [1.82, 2.24) is 0 Å². The first-order chi connectivity index (χ1) is 37.5. The van der Waals surface area contributed by atoms with Gasteiger partial charge in [-0.05, 0) is 83.5 Å². The van der Waals surface area contributed by atoms with Crippen molar-refractivity contribution in [3.05, 3.63) is 48.6 Å². The molecule has 0 aromatic rings. The van der Waals surface area contributed by atoms with Crippen LogP contribution in [-0.2, 0) is 28.6 Å². The molecule has 0 amide bonds. The predicted molar refractivity (Wildman–Crippen MR) is 330 cm³/mol. The van der Waals surface area contributed by atoms with E-state index < -0.39 is 6.10 Å². The quantitative estimate of drug-likeness (QED) is 0.0261. The lowest BCUT2D eigenvalue weighted by Crippen LogP contribution is -2.30. The number of unbranched alkanes of at least 4 members (excludes halogenated alkanes) is 43. The first-order valence-electron chi connectivity index (χ1n) is 33.6. The van der Waals surface area contributed by atoms with E-state index in [1.165, 1.54) is 250 Å². The van der Waals surface area contributed by atoms with Gasteiger partial charge in [0.1, 0.15) is 13.2 Å². The lowest BCUT2D eigenvalue weighted by molar-refractivity contribution is -0.167. The van der Waals surface area contributed by atoms with Gasteiger partial charge in [0, 0.05) is 19.3 Å². The van der Waals surface area contributed by atoms with E-state index in [2.05, 4.69) is 69.4 Å². The fourth-order valence-electron chi connectivity index (χ4n) is 9.98. The summed E-state index contributed by atoms with van der Waals surface area (Å²) in [7, 11) is 0. The van der Waals surface area contributed by atoms with E-state index in [1.807, 2.05) is 0 Å². The summed E-state index contributed by atoms with van der Waals surface area (Å²) in [6.45, 7) is 6.61. The zero-order valence-corrected chi connectivity index (χ0v) is 51.0. The number of rotatable bonds is 62. The number of esters is 3. The molecule has 1 unspecified atom stereocenters. The van der Waals surface area contributed by atoms with E-state index in [1.54, 1.807) is 0 Å². The zero-order chi connectivity index (χ0) is 55.0. The van der Waals surface area contributed by atoms with Crippen LogP contribution in [0, 0.1) is 0 Å². The summed E-state index contributed by atoms with van der Waals surface area (Å²) in [5.74, 6) is -0.862. The van der Waals surface area contributed by atoms with Crippen LogP contribution in [-0.4, -0.2) is 37.2 Å². The number of carbonyl (C=O) groups excluding carboxylic acids is 3. The van der Waals surface area contributed by atoms with Gasteiger partial charge >= 0.3 is 17.9 Å². The van der Waals surface area contributed by atoms with Gasteiger partial charge < -0.3 is 14.2 Å². The summed E-state index contributed by atoms with van der Waals surface area (Å²) in [6.07, 6.45) is 81.7. The molecule has 6 nitrogen and oxygen atoms in total. The molecule has 0 N–H and O–H groups in total. The summed E-state index contributed by atoms with van der Waals surface area (Å²) >= 11 is 0. The van der Waals surface area contributed by atoms with Gasteiger partial charge in [-0.1, -0.05) is 307 Å². The van der Waals surface area contributed by atoms with Crippen LogP contribution in [0.3, 0.4) is 0 Å². The van der Waals surface area contributed by atoms with E-state index in [-0.39, 0.29) is 31.1 Å². The number of ether oxygens (including phenoxy) is 3. The van der Waals surface area contributed by atoms with Crippen LogP contribution in [0.4, 0.5) is 0 Å². The Kier molecular flexibility index (Phi) is 62.6. The molecular formula is C70H128O6. The molecule has 0 bridgehead atoms. The smallest absolute Gasteiger partial charge is 0.306 e. The molecule has 0 aliphatic rings. The van der Waals surface area contributed by atoms with Gasteiger partial charge in [-0.25, -0.2) is 0 Å². The Morgan fingerprint density at radius 2 is 0.474 bits per heavy atom. The number of hydrogen-bond acceptors (Lipinski definition) is 6. The minimum atomic E-state index is -0.770. The van der Waals surface area contributed by atoms with E-state index in [9.17, 15) is 14.4 Å². The summed E-state index contributed by atoms with van der Waals surface area (Å²) in [6, 6.07) is 0. The maximum Gasteiger partial charge on any atom is 0.306 e. The highest BCUT2D eigenvalue weighted by molar-refractivity contribution is 5.71. The van der Waals surface area contributed by atoms with Gasteiger partial charge in [0.15, 0.2) is 6.10 Å². The Labute approximate surface area is 473 Å². The zero-order valence-electron chi connectivity index (χ0n) is 51.0. The second-order valence-corrected chi connectivity index (χ2v) is 22.7. The third-order valence-corrected chi connectivity index (χ3v) is 15.1. The fourth-order valence-corrected chi connectivity index (χ4v) is 9.98. The van der Waals surface area contributed by atoms with Crippen molar-refractivity contribution in [2.24, 2.45) is 0 Å². The normalized spacial score (nSPS) is 12.3. The first-order valence-corrected chi connectivity index (χ1v) is 33.6. The molecule has 0 aliphatic carbocycles. The SMILES string of the molecule is CCCCCCC/C=C\C/C=C\CCCCCCCCCCCCCCCCCCCC(=O)OCC(COC(=O)CCCCCCCC)OC(=O)CCCCCCCCCCCCC/C=C\C/C=C\CCCCCCC. The van der Waals surface area contributed by atoms with E-state index in [0.29, 0.717) is 19.3 Å². The lowest BCUT2D eigenvalue weighted by Gasteiger charge is -2.18. The van der Waals surface area contributed by atoms with Crippen LogP contribution in [0.5, 0.6) is 0 Å². The van der Waals surface area contributed by atoms with Crippen molar-refractivity contribution in [2.75, 3.05) is 13.2 Å². The summed E-state index contributed by atoms with van der Waals surface area (Å²) in [4.78, 5) is 38.0. The van der Waals surface area contributed by atoms with E-state index >= 15 is 0 Å². The Morgan fingerprint density at radius 3 is 0.724 bits per heavy atom. The summed E-state index contributed by atoms with van der Waals surface area (Å²) < 4.78 is 16.8. The standard InChI is InChI=1S/C70H128O6/c1-4-7-10-13-16-18-20-22-24-26-28-30-32-33-34-35-36-37-39-40-42-44-46-48-50-52-54-57-60-63-69(72)75-66-67(65-74-68(71)62-59-56-15-12-9-6-3)76-70(73)64-61-58-55-53-51-49-47-45-43-41-38-31-29-27-25-23-21-19-17-14-11-8-5-2/h20-23,26-29,67H,4-19,24-25,30-66H2,1-3H3/b22-20-,23-21-,28-26-,29-27-. The average Bonchev–Trinajstić information content (AvgIpc) is 3.42. The molecule has 0 aromatic carbocycles. The minimum absolute atomic E-state index is 0.0700. The lowest BCUT2D eigenvalue weighted by atomic mass is 10.0. The van der Waals surface area contributed by atoms with Gasteiger partial charge in [-0.3, -0.25) is 14.4 Å². The maximum atomic E-state index is 12.9. The van der Waals surface area contributed by atoms with Gasteiger partial charge in [0.05, 0.1) is 0 Å². The Morgan fingerprint density at radius 1 is 0.263 bits per heavy atom. The molecule has 1 atom stereocenters. The Bertz CT molecular complexity index is 1310. The van der Waals surface area contributed by atoms with Gasteiger partial charge in [0.2, 0.25) is 0 Å².